The summed E-state index contributed by atoms with van der Waals surface area (Å²) in [7, 11) is 0. The topological polar surface area (TPSA) is 19.9 Å². The molecule has 0 saturated carbocycles. The Morgan fingerprint density at radius 3 is 1.62 bits per heavy atom. The van der Waals surface area contributed by atoms with Gasteiger partial charge in [-0.1, -0.05) is 47.5 Å². The highest BCUT2D eigenvalue weighted by Crippen LogP contribution is 2.06. The Labute approximate surface area is 105 Å². The predicted octanol–water partition coefficient (Wildman–Crippen LogP) is 2.53. The molecule has 2 aromatic carbocycles. The summed E-state index contributed by atoms with van der Waals surface area (Å²) in [6.07, 6.45) is 0. The Morgan fingerprint density at radius 1 is 0.812 bits per heavy atom. The molecule has 0 atom stereocenters. The number of benzene rings is 2. The number of hydrogen-bond acceptors (Lipinski definition) is 0. The van der Waals surface area contributed by atoms with E-state index in [0.29, 0.717) is 21.0 Å². The van der Waals surface area contributed by atoms with Gasteiger partial charge in [-0.05, 0) is 35.2 Å². The van der Waals surface area contributed by atoms with Crippen LogP contribution >= 0.6 is 23.2 Å². The van der Waals surface area contributed by atoms with Crippen molar-refractivity contribution in [3.63, 3.8) is 0 Å². The lowest BCUT2D eigenvalue weighted by atomic mass is 9.56. The highest BCUT2D eigenvalue weighted by Gasteiger charge is 2.19. The van der Waals surface area contributed by atoms with Gasteiger partial charge in [0.05, 0.1) is 0 Å². The van der Waals surface area contributed by atoms with Crippen LogP contribution in [0.3, 0.4) is 0 Å². The summed E-state index contributed by atoms with van der Waals surface area (Å²) in [6, 6.07) is 13.9. The fraction of sp³-hybridized carbons (Fsp3) is 0. The van der Waals surface area contributed by atoms with Gasteiger partial charge in [-0.2, -0.15) is 0 Å². The van der Waals surface area contributed by atoms with Crippen LogP contribution in [0, 0.1) is 0 Å². The van der Waals surface area contributed by atoms with Crippen molar-refractivity contribution in [1.82, 2.24) is 0 Å². The van der Waals surface area contributed by atoms with Crippen LogP contribution in [0.2, 0.25) is 10.0 Å². The van der Waals surface area contributed by atoms with E-state index >= 15 is 0 Å². The Balaban J connectivity index is 2.35. The third-order valence-corrected chi connectivity index (χ3v) is 2.77. The largest absolute Gasteiger partial charge is 0.403 e. The van der Waals surface area contributed by atoms with Gasteiger partial charge in [0.15, 0.2) is 0 Å². The molecule has 2 aromatic rings. The predicted molar refractivity (Wildman–Crippen MR) is 68.6 cm³/mol. The molecule has 0 spiro atoms. The third kappa shape index (κ3) is 2.59. The van der Waals surface area contributed by atoms with Gasteiger partial charge in [0, 0.05) is 10.0 Å². The van der Waals surface area contributed by atoms with E-state index in [-0.39, 0.29) is 0 Å². The SMILES string of the molecule is [O]B(c1cccc(Cl)c1)c1cccc(Cl)c1. The Bertz CT molecular complexity index is 456. The van der Waals surface area contributed by atoms with E-state index in [9.17, 15) is 5.02 Å². The molecule has 1 radical (unpaired) electrons. The molecule has 0 amide bonds. The highest BCUT2D eigenvalue weighted by molar-refractivity contribution is 6.78. The minimum atomic E-state index is -0.947. The average Bonchev–Trinajstić information content (AvgIpc) is 2.28. The van der Waals surface area contributed by atoms with Crippen LogP contribution in [0.15, 0.2) is 48.5 Å². The molecule has 0 aromatic heterocycles. The van der Waals surface area contributed by atoms with Gasteiger partial charge in [0.25, 0.3) is 0 Å². The van der Waals surface area contributed by atoms with Gasteiger partial charge in [-0.15, -0.1) is 0 Å². The van der Waals surface area contributed by atoms with Gasteiger partial charge in [0.2, 0.25) is 0 Å². The molecular formula is C12H8BCl2O. The standard InChI is InChI=1S/C12H8BCl2O/c14-11-5-1-3-9(7-11)13(16)10-4-2-6-12(15)8-10/h1-8H. The van der Waals surface area contributed by atoms with Crippen LogP contribution < -0.4 is 10.9 Å². The van der Waals surface area contributed by atoms with E-state index in [1.165, 1.54) is 0 Å². The second-order valence-corrected chi connectivity index (χ2v) is 4.36. The summed E-state index contributed by atoms with van der Waals surface area (Å²) in [6.45, 7) is -0.947. The van der Waals surface area contributed by atoms with Crippen LogP contribution in [-0.4, -0.2) is 6.92 Å². The first-order valence-corrected chi connectivity index (χ1v) is 5.59. The number of halogens is 2. The van der Waals surface area contributed by atoms with Crippen molar-refractivity contribution in [3.8, 4) is 0 Å². The van der Waals surface area contributed by atoms with Crippen LogP contribution in [0.5, 0.6) is 0 Å². The Kier molecular flexibility index (Phi) is 3.54. The number of hydrogen-bond donors (Lipinski definition) is 0. The zero-order valence-electron chi connectivity index (χ0n) is 8.36. The van der Waals surface area contributed by atoms with E-state index in [1.807, 2.05) is 0 Å². The molecule has 0 N–H and O–H groups in total. The minimum Gasteiger partial charge on any atom is -0.307 e. The molecule has 16 heavy (non-hydrogen) atoms. The maximum absolute atomic E-state index is 12.1. The maximum Gasteiger partial charge on any atom is 0.403 e. The molecule has 0 aliphatic heterocycles. The second kappa shape index (κ2) is 4.92. The molecule has 79 valence electrons. The Morgan fingerprint density at radius 2 is 1.25 bits per heavy atom. The molecule has 1 nitrogen and oxygen atoms in total. The quantitative estimate of drug-likeness (QED) is 0.730. The Hall–Kier alpha value is -0.955. The van der Waals surface area contributed by atoms with E-state index in [1.54, 1.807) is 48.5 Å². The average molecular weight is 250 g/mol. The summed E-state index contributed by atoms with van der Waals surface area (Å²) < 4.78 is 0. The fourth-order valence-electron chi connectivity index (χ4n) is 1.53. The monoisotopic (exact) mass is 249 g/mol. The van der Waals surface area contributed by atoms with Crippen molar-refractivity contribution < 1.29 is 5.02 Å². The minimum absolute atomic E-state index is 0.570. The van der Waals surface area contributed by atoms with Crippen LogP contribution in [-0.2, 0) is 5.02 Å². The molecule has 0 unspecified atom stereocenters. The summed E-state index contributed by atoms with van der Waals surface area (Å²) >= 11 is 11.7. The maximum atomic E-state index is 12.1. The molecule has 0 heterocycles. The van der Waals surface area contributed by atoms with E-state index in [0.717, 1.165) is 0 Å². The molecule has 4 heteroatoms. The normalized spacial score (nSPS) is 10.2. The van der Waals surface area contributed by atoms with Crippen LogP contribution in [0.1, 0.15) is 0 Å². The van der Waals surface area contributed by atoms with Crippen molar-refractivity contribution in [2.24, 2.45) is 0 Å². The van der Waals surface area contributed by atoms with Gasteiger partial charge >= 0.3 is 6.92 Å². The summed E-state index contributed by atoms with van der Waals surface area (Å²) in [4.78, 5) is 0. The van der Waals surface area contributed by atoms with E-state index in [4.69, 9.17) is 23.2 Å². The van der Waals surface area contributed by atoms with Crippen molar-refractivity contribution >= 4 is 41.0 Å². The number of rotatable bonds is 2. The third-order valence-electron chi connectivity index (χ3n) is 2.30. The van der Waals surface area contributed by atoms with Crippen molar-refractivity contribution in [2.45, 2.75) is 0 Å². The first-order valence-electron chi connectivity index (χ1n) is 4.83. The molecule has 0 fully saturated rings. The van der Waals surface area contributed by atoms with E-state index in [2.05, 4.69) is 0 Å². The molecule has 2 rings (SSSR count). The first kappa shape index (κ1) is 11.5. The molecule has 0 bridgehead atoms. The first-order chi connectivity index (χ1) is 7.66. The van der Waals surface area contributed by atoms with Crippen molar-refractivity contribution in [1.29, 1.82) is 0 Å². The fourth-order valence-corrected chi connectivity index (χ4v) is 1.93. The summed E-state index contributed by atoms with van der Waals surface area (Å²) in [5, 5.41) is 13.3. The van der Waals surface area contributed by atoms with E-state index < -0.39 is 6.92 Å². The molecule has 0 aliphatic rings. The van der Waals surface area contributed by atoms with Crippen LogP contribution in [0.25, 0.3) is 0 Å². The van der Waals surface area contributed by atoms with Crippen molar-refractivity contribution in [2.75, 3.05) is 0 Å². The molecule has 0 saturated heterocycles. The highest BCUT2D eigenvalue weighted by atomic mass is 35.5. The van der Waals surface area contributed by atoms with Gasteiger partial charge in [0.1, 0.15) is 0 Å². The van der Waals surface area contributed by atoms with Gasteiger partial charge in [-0.3, -0.25) is 0 Å². The summed E-state index contributed by atoms with van der Waals surface area (Å²) in [5.74, 6) is 0. The molecule has 0 aliphatic carbocycles. The van der Waals surface area contributed by atoms with Gasteiger partial charge < -0.3 is 5.02 Å². The molecular weight excluding hydrogens is 242 g/mol. The zero-order valence-corrected chi connectivity index (χ0v) is 9.87. The lowest BCUT2D eigenvalue weighted by Crippen LogP contribution is -2.40. The lowest BCUT2D eigenvalue weighted by Gasteiger charge is -2.05. The van der Waals surface area contributed by atoms with Crippen molar-refractivity contribution in [3.05, 3.63) is 58.6 Å². The van der Waals surface area contributed by atoms with Crippen LogP contribution in [0.4, 0.5) is 0 Å². The summed E-state index contributed by atoms with van der Waals surface area (Å²) in [5.41, 5.74) is 1.30. The van der Waals surface area contributed by atoms with Gasteiger partial charge in [-0.25, -0.2) is 0 Å². The smallest absolute Gasteiger partial charge is 0.307 e. The lowest BCUT2D eigenvalue weighted by molar-refractivity contribution is 0.471. The second-order valence-electron chi connectivity index (χ2n) is 3.49. The zero-order chi connectivity index (χ0) is 11.5.